The number of hydrogen-bond donors (Lipinski definition) is 1. The van der Waals surface area contributed by atoms with E-state index < -0.39 is 11.8 Å². The molecule has 0 saturated heterocycles. The Balaban J connectivity index is 2.44. The molecule has 4 heteroatoms. The lowest BCUT2D eigenvalue weighted by Gasteiger charge is -2.24. The summed E-state index contributed by atoms with van der Waals surface area (Å²) in [6.45, 7) is 4.19. The van der Waals surface area contributed by atoms with Crippen LogP contribution in [-0.2, 0) is 0 Å². The molecule has 1 aromatic rings. The summed E-state index contributed by atoms with van der Waals surface area (Å²) < 4.78 is 13.6. The number of benzene rings is 1. The van der Waals surface area contributed by atoms with Crippen molar-refractivity contribution in [3.8, 4) is 0 Å². The molecule has 1 aromatic carbocycles. The second-order valence-electron chi connectivity index (χ2n) is 4.11. The summed E-state index contributed by atoms with van der Waals surface area (Å²) in [5, 5.41) is 9.07. The number of hydrogen-bond acceptors (Lipinski definition) is 2. The van der Waals surface area contributed by atoms with Crippen molar-refractivity contribution in [3.63, 3.8) is 0 Å². The number of carbonyl (C=O) groups is 1. The number of rotatable bonds is 5. The van der Waals surface area contributed by atoms with E-state index in [4.69, 9.17) is 5.11 Å². The van der Waals surface area contributed by atoms with E-state index in [1.165, 1.54) is 12.1 Å². The van der Waals surface area contributed by atoms with Crippen LogP contribution in [0.4, 0.5) is 10.1 Å². The fourth-order valence-electron chi connectivity index (χ4n) is 1.93. The Morgan fingerprint density at radius 3 is 2.82 bits per heavy atom. The van der Waals surface area contributed by atoms with E-state index >= 15 is 0 Å². The molecule has 3 nitrogen and oxygen atoms in total. The minimum atomic E-state index is -1.23. The summed E-state index contributed by atoms with van der Waals surface area (Å²) in [5.74, 6) is -1.92. The topological polar surface area (TPSA) is 40.5 Å². The van der Waals surface area contributed by atoms with Gasteiger partial charge in [-0.2, -0.15) is 0 Å². The van der Waals surface area contributed by atoms with Crippen LogP contribution in [-0.4, -0.2) is 23.7 Å². The number of halogens is 1. The first-order valence-electron chi connectivity index (χ1n) is 5.54. The van der Waals surface area contributed by atoms with Crippen LogP contribution in [0, 0.1) is 5.82 Å². The molecule has 0 spiro atoms. The Hall–Kier alpha value is -1.84. The fraction of sp³-hybridized carbons (Fsp3) is 0.308. The van der Waals surface area contributed by atoms with Crippen LogP contribution in [0.15, 0.2) is 30.9 Å². The number of anilines is 1. The molecule has 0 amide bonds. The molecule has 1 saturated carbocycles. The van der Waals surface area contributed by atoms with Crippen molar-refractivity contribution in [3.05, 3.63) is 42.2 Å². The van der Waals surface area contributed by atoms with Crippen molar-refractivity contribution in [1.29, 1.82) is 0 Å². The molecule has 0 heterocycles. The van der Waals surface area contributed by atoms with E-state index in [2.05, 4.69) is 6.58 Å². The molecule has 1 N–H and O–H groups in total. The van der Waals surface area contributed by atoms with Crippen LogP contribution < -0.4 is 4.90 Å². The van der Waals surface area contributed by atoms with Gasteiger partial charge in [0.25, 0.3) is 0 Å². The summed E-state index contributed by atoms with van der Waals surface area (Å²) in [5.41, 5.74) is 0.196. The van der Waals surface area contributed by atoms with Gasteiger partial charge < -0.3 is 10.0 Å². The first kappa shape index (κ1) is 11.6. The molecule has 1 aliphatic rings. The van der Waals surface area contributed by atoms with Crippen molar-refractivity contribution in [2.24, 2.45) is 0 Å². The van der Waals surface area contributed by atoms with Crippen molar-refractivity contribution >= 4 is 11.7 Å². The Morgan fingerprint density at radius 2 is 2.29 bits per heavy atom. The van der Waals surface area contributed by atoms with Crippen LogP contribution >= 0.6 is 0 Å². The summed E-state index contributed by atoms with van der Waals surface area (Å²) in [6.07, 6.45) is 3.74. The molecule has 0 aromatic heterocycles. The second-order valence-corrected chi connectivity index (χ2v) is 4.11. The zero-order chi connectivity index (χ0) is 12.4. The van der Waals surface area contributed by atoms with Crippen molar-refractivity contribution in [2.75, 3.05) is 11.4 Å². The molecule has 17 heavy (non-hydrogen) atoms. The molecular weight excluding hydrogens is 221 g/mol. The highest BCUT2D eigenvalue weighted by molar-refractivity contribution is 5.95. The predicted molar refractivity (Wildman–Crippen MR) is 63.9 cm³/mol. The van der Waals surface area contributed by atoms with Gasteiger partial charge in [-0.05, 0) is 25.0 Å². The summed E-state index contributed by atoms with van der Waals surface area (Å²) in [4.78, 5) is 13.0. The van der Waals surface area contributed by atoms with Gasteiger partial charge in [0, 0.05) is 12.6 Å². The second kappa shape index (κ2) is 4.57. The lowest BCUT2D eigenvalue weighted by atomic mass is 10.1. The quantitative estimate of drug-likeness (QED) is 0.798. The van der Waals surface area contributed by atoms with E-state index in [1.54, 1.807) is 12.1 Å². The predicted octanol–water partition coefficient (Wildman–Crippen LogP) is 2.68. The van der Waals surface area contributed by atoms with Gasteiger partial charge in [-0.3, -0.25) is 0 Å². The number of aromatic carboxylic acids is 1. The van der Waals surface area contributed by atoms with E-state index in [1.807, 2.05) is 4.90 Å². The van der Waals surface area contributed by atoms with Crippen LogP contribution in [0.2, 0.25) is 0 Å². The van der Waals surface area contributed by atoms with E-state index in [0.717, 1.165) is 12.8 Å². The average Bonchev–Trinajstić information content (AvgIpc) is 3.08. The van der Waals surface area contributed by atoms with Gasteiger partial charge >= 0.3 is 5.97 Å². The van der Waals surface area contributed by atoms with Gasteiger partial charge in [0.15, 0.2) is 0 Å². The largest absolute Gasteiger partial charge is 0.478 e. The third kappa shape index (κ3) is 2.30. The van der Waals surface area contributed by atoms with Gasteiger partial charge in [0.2, 0.25) is 0 Å². The zero-order valence-corrected chi connectivity index (χ0v) is 9.40. The van der Waals surface area contributed by atoms with Gasteiger partial charge in [-0.25, -0.2) is 9.18 Å². The van der Waals surface area contributed by atoms with Gasteiger partial charge in [-0.1, -0.05) is 12.1 Å². The number of nitrogens with zero attached hydrogens (tertiary/aromatic N) is 1. The third-order valence-corrected chi connectivity index (χ3v) is 2.83. The van der Waals surface area contributed by atoms with Crippen molar-refractivity contribution < 1.29 is 14.3 Å². The monoisotopic (exact) mass is 235 g/mol. The minimum Gasteiger partial charge on any atom is -0.478 e. The van der Waals surface area contributed by atoms with Crippen molar-refractivity contribution in [2.45, 2.75) is 18.9 Å². The highest BCUT2D eigenvalue weighted by atomic mass is 19.1. The Bertz CT molecular complexity index is 455. The van der Waals surface area contributed by atoms with Gasteiger partial charge in [-0.15, -0.1) is 6.58 Å². The molecule has 0 atom stereocenters. The molecule has 0 bridgehead atoms. The summed E-state index contributed by atoms with van der Waals surface area (Å²) in [6, 6.07) is 4.67. The maximum Gasteiger partial charge on any atom is 0.340 e. The van der Waals surface area contributed by atoms with Gasteiger partial charge in [0.05, 0.1) is 5.69 Å². The smallest absolute Gasteiger partial charge is 0.340 e. The summed E-state index contributed by atoms with van der Waals surface area (Å²) >= 11 is 0. The highest BCUT2D eigenvalue weighted by Crippen LogP contribution is 2.34. The first-order chi connectivity index (χ1) is 8.15. The molecular formula is C13H14FNO2. The zero-order valence-electron chi connectivity index (χ0n) is 9.40. The number of carboxylic acid groups (broad SMARTS) is 1. The number of carboxylic acids is 1. The van der Waals surface area contributed by atoms with E-state index in [0.29, 0.717) is 18.3 Å². The standard InChI is InChI=1S/C13H14FNO2/c1-2-8-15(9-6-7-9)11-5-3-4-10(14)12(11)13(16)17/h2-5,9H,1,6-8H2,(H,16,17). The lowest BCUT2D eigenvalue weighted by Crippen LogP contribution is -2.27. The maximum absolute atomic E-state index is 13.6. The van der Waals surface area contributed by atoms with Crippen LogP contribution in [0.3, 0.4) is 0 Å². The molecule has 0 unspecified atom stereocenters. The molecule has 0 radical (unpaired) electrons. The maximum atomic E-state index is 13.6. The SMILES string of the molecule is C=CCN(c1cccc(F)c1C(=O)O)C1CC1. The van der Waals surface area contributed by atoms with E-state index in [-0.39, 0.29) is 5.56 Å². The fourth-order valence-corrected chi connectivity index (χ4v) is 1.93. The molecule has 1 aliphatic carbocycles. The Kier molecular flexibility index (Phi) is 3.13. The van der Waals surface area contributed by atoms with Crippen LogP contribution in [0.25, 0.3) is 0 Å². The van der Waals surface area contributed by atoms with Crippen molar-refractivity contribution in [1.82, 2.24) is 0 Å². The average molecular weight is 235 g/mol. The highest BCUT2D eigenvalue weighted by Gasteiger charge is 2.31. The molecule has 0 aliphatic heterocycles. The Labute approximate surface area is 99.2 Å². The Morgan fingerprint density at radius 1 is 1.59 bits per heavy atom. The molecule has 90 valence electrons. The van der Waals surface area contributed by atoms with E-state index in [9.17, 15) is 9.18 Å². The molecule has 2 rings (SSSR count). The van der Waals surface area contributed by atoms with Crippen LogP contribution in [0.5, 0.6) is 0 Å². The normalized spacial score (nSPS) is 14.4. The summed E-state index contributed by atoms with van der Waals surface area (Å²) in [7, 11) is 0. The first-order valence-corrected chi connectivity index (χ1v) is 5.54. The molecule has 1 fully saturated rings. The third-order valence-electron chi connectivity index (χ3n) is 2.83. The lowest BCUT2D eigenvalue weighted by molar-refractivity contribution is 0.0692. The van der Waals surface area contributed by atoms with Crippen LogP contribution in [0.1, 0.15) is 23.2 Å². The minimum absolute atomic E-state index is 0.249. The van der Waals surface area contributed by atoms with Gasteiger partial charge in [0.1, 0.15) is 11.4 Å².